The van der Waals surface area contributed by atoms with Gasteiger partial charge >= 0.3 is 6.36 Å². The molecule has 0 aliphatic heterocycles. The highest BCUT2D eigenvalue weighted by atomic mass is 19.4. The Morgan fingerprint density at radius 1 is 1.30 bits per heavy atom. The van der Waals surface area contributed by atoms with Gasteiger partial charge in [-0.15, -0.1) is 13.2 Å². The molecule has 0 bridgehead atoms. The van der Waals surface area contributed by atoms with Crippen molar-refractivity contribution in [3.05, 3.63) is 29.8 Å². The highest BCUT2D eigenvalue weighted by Crippen LogP contribution is 2.52. The molecule has 1 aromatic rings. The zero-order chi connectivity index (χ0) is 15.2. The summed E-state index contributed by atoms with van der Waals surface area (Å²) < 4.78 is 40.7. The van der Waals surface area contributed by atoms with Crippen LogP contribution in [0.4, 0.5) is 13.2 Å². The fourth-order valence-electron chi connectivity index (χ4n) is 3.32. The number of benzene rings is 1. The van der Waals surface area contributed by atoms with Gasteiger partial charge in [0.1, 0.15) is 5.75 Å². The molecule has 0 radical (unpaired) electrons. The van der Waals surface area contributed by atoms with Gasteiger partial charge in [-0.1, -0.05) is 32.9 Å². The van der Waals surface area contributed by atoms with Gasteiger partial charge in [-0.25, -0.2) is 0 Å². The van der Waals surface area contributed by atoms with Crippen molar-refractivity contribution < 1.29 is 23.0 Å². The van der Waals surface area contributed by atoms with E-state index in [1.165, 1.54) is 18.2 Å². The van der Waals surface area contributed by atoms with Crippen LogP contribution < -0.4 is 4.74 Å². The number of aliphatic hydroxyl groups is 1. The van der Waals surface area contributed by atoms with Gasteiger partial charge in [-0.2, -0.15) is 0 Å². The summed E-state index contributed by atoms with van der Waals surface area (Å²) in [4.78, 5) is 0. The van der Waals surface area contributed by atoms with E-state index in [1.54, 1.807) is 6.07 Å². The Morgan fingerprint density at radius 3 is 2.45 bits per heavy atom. The maximum absolute atomic E-state index is 12.3. The van der Waals surface area contributed by atoms with E-state index in [1.807, 2.05) is 6.92 Å². The van der Waals surface area contributed by atoms with Crippen molar-refractivity contribution in [2.24, 2.45) is 11.3 Å². The molecule has 1 fully saturated rings. The Balaban J connectivity index is 2.31. The van der Waals surface area contributed by atoms with Crippen LogP contribution in [-0.4, -0.2) is 11.5 Å². The summed E-state index contributed by atoms with van der Waals surface area (Å²) in [6.07, 6.45) is -3.37. The number of ether oxygens (including phenoxy) is 1. The first-order valence-electron chi connectivity index (χ1n) is 6.61. The standard InChI is InChI=1S/C15H19F3O2/c1-10-8-13(2,3)9-14(10,19)11-5-4-6-12(7-11)20-15(16,17)18/h4-7,10,19H,8-9H2,1-3H3. The second-order valence-corrected chi connectivity index (χ2v) is 6.45. The maximum Gasteiger partial charge on any atom is 0.573 e. The maximum atomic E-state index is 12.3. The van der Waals surface area contributed by atoms with Crippen LogP contribution >= 0.6 is 0 Å². The average Bonchev–Trinajstić information content (AvgIpc) is 2.46. The van der Waals surface area contributed by atoms with E-state index in [0.29, 0.717) is 12.0 Å². The summed E-state index contributed by atoms with van der Waals surface area (Å²) in [6, 6.07) is 5.66. The van der Waals surface area contributed by atoms with Crippen LogP contribution in [0.1, 0.15) is 39.2 Å². The molecule has 20 heavy (non-hydrogen) atoms. The van der Waals surface area contributed by atoms with Gasteiger partial charge in [-0.3, -0.25) is 0 Å². The van der Waals surface area contributed by atoms with E-state index in [-0.39, 0.29) is 17.1 Å². The molecule has 2 rings (SSSR count). The number of hydrogen-bond donors (Lipinski definition) is 1. The van der Waals surface area contributed by atoms with Crippen molar-refractivity contribution in [3.63, 3.8) is 0 Å². The van der Waals surface area contributed by atoms with Crippen molar-refractivity contribution in [2.45, 2.75) is 45.6 Å². The molecule has 1 aliphatic rings. The van der Waals surface area contributed by atoms with E-state index >= 15 is 0 Å². The predicted molar refractivity (Wildman–Crippen MR) is 69.2 cm³/mol. The third-order valence-corrected chi connectivity index (χ3v) is 3.99. The van der Waals surface area contributed by atoms with E-state index in [4.69, 9.17) is 0 Å². The van der Waals surface area contributed by atoms with Crippen LogP contribution in [0.3, 0.4) is 0 Å². The Bertz CT molecular complexity index is 496. The minimum absolute atomic E-state index is 0.0152. The van der Waals surface area contributed by atoms with E-state index < -0.39 is 12.0 Å². The number of alkyl halides is 3. The first-order valence-corrected chi connectivity index (χ1v) is 6.61. The van der Waals surface area contributed by atoms with E-state index in [9.17, 15) is 18.3 Å². The molecule has 2 atom stereocenters. The quantitative estimate of drug-likeness (QED) is 0.882. The molecule has 2 nitrogen and oxygen atoms in total. The van der Waals surface area contributed by atoms with Gasteiger partial charge in [-0.05, 0) is 41.9 Å². The normalized spacial score (nSPS) is 29.4. The highest BCUT2D eigenvalue weighted by Gasteiger charge is 2.48. The fraction of sp³-hybridized carbons (Fsp3) is 0.600. The number of halogens is 3. The topological polar surface area (TPSA) is 29.5 Å². The molecule has 2 unspecified atom stereocenters. The van der Waals surface area contributed by atoms with Crippen molar-refractivity contribution >= 4 is 0 Å². The third-order valence-electron chi connectivity index (χ3n) is 3.99. The summed E-state index contributed by atoms with van der Waals surface area (Å²) in [5.41, 5.74) is -0.652. The highest BCUT2D eigenvalue weighted by molar-refractivity contribution is 5.34. The van der Waals surface area contributed by atoms with Gasteiger partial charge in [0.2, 0.25) is 0 Å². The predicted octanol–water partition coefficient (Wildman–Crippen LogP) is 4.23. The minimum Gasteiger partial charge on any atom is -0.406 e. The summed E-state index contributed by atoms with van der Waals surface area (Å²) in [7, 11) is 0. The van der Waals surface area contributed by atoms with Crippen LogP contribution in [-0.2, 0) is 5.60 Å². The Morgan fingerprint density at radius 2 is 1.95 bits per heavy atom. The van der Waals surface area contributed by atoms with E-state index in [0.717, 1.165) is 6.42 Å². The first kappa shape index (κ1) is 15.2. The largest absolute Gasteiger partial charge is 0.573 e. The second-order valence-electron chi connectivity index (χ2n) is 6.45. The third kappa shape index (κ3) is 3.08. The van der Waals surface area contributed by atoms with E-state index in [2.05, 4.69) is 18.6 Å². The minimum atomic E-state index is -4.72. The molecule has 1 saturated carbocycles. The first-order chi connectivity index (χ1) is 9.02. The van der Waals surface area contributed by atoms with Gasteiger partial charge in [0.25, 0.3) is 0 Å². The van der Waals surface area contributed by atoms with Gasteiger partial charge in [0.05, 0.1) is 5.60 Å². The Labute approximate surface area is 116 Å². The van der Waals surface area contributed by atoms with Gasteiger partial charge in [0, 0.05) is 0 Å². The molecule has 0 spiro atoms. The Kier molecular flexibility index (Phi) is 3.53. The van der Waals surface area contributed by atoms with Crippen molar-refractivity contribution in [1.29, 1.82) is 0 Å². The van der Waals surface area contributed by atoms with Crippen LogP contribution in [0.25, 0.3) is 0 Å². The Hall–Kier alpha value is -1.23. The number of rotatable bonds is 2. The summed E-state index contributed by atoms with van der Waals surface area (Å²) in [5, 5.41) is 10.9. The van der Waals surface area contributed by atoms with Crippen LogP contribution in [0.2, 0.25) is 0 Å². The van der Waals surface area contributed by atoms with Crippen molar-refractivity contribution in [2.75, 3.05) is 0 Å². The van der Waals surface area contributed by atoms with Crippen molar-refractivity contribution in [1.82, 2.24) is 0 Å². The van der Waals surface area contributed by atoms with Crippen molar-refractivity contribution in [3.8, 4) is 5.75 Å². The summed E-state index contributed by atoms with van der Waals surface area (Å²) in [6.45, 7) is 6.03. The molecular formula is C15H19F3O2. The molecule has 0 heterocycles. The molecule has 0 aromatic heterocycles. The second kappa shape index (κ2) is 4.65. The lowest BCUT2D eigenvalue weighted by Gasteiger charge is -2.29. The monoisotopic (exact) mass is 288 g/mol. The average molecular weight is 288 g/mol. The smallest absolute Gasteiger partial charge is 0.406 e. The van der Waals surface area contributed by atoms with Crippen LogP contribution in [0.15, 0.2) is 24.3 Å². The molecule has 1 N–H and O–H groups in total. The molecule has 1 aliphatic carbocycles. The molecule has 5 heteroatoms. The number of hydrogen-bond acceptors (Lipinski definition) is 2. The lowest BCUT2D eigenvalue weighted by atomic mass is 9.83. The fourth-order valence-corrected chi connectivity index (χ4v) is 3.32. The molecular weight excluding hydrogens is 269 g/mol. The van der Waals surface area contributed by atoms with Crippen LogP contribution in [0, 0.1) is 11.3 Å². The molecule has 112 valence electrons. The summed E-state index contributed by atoms with van der Waals surface area (Å²) >= 11 is 0. The zero-order valence-corrected chi connectivity index (χ0v) is 11.8. The molecule has 0 saturated heterocycles. The molecule has 1 aromatic carbocycles. The summed E-state index contributed by atoms with van der Waals surface area (Å²) in [5.74, 6) is -0.307. The van der Waals surface area contributed by atoms with Gasteiger partial charge < -0.3 is 9.84 Å². The molecule has 0 amide bonds. The van der Waals surface area contributed by atoms with Crippen LogP contribution in [0.5, 0.6) is 5.75 Å². The zero-order valence-electron chi connectivity index (χ0n) is 11.8. The lowest BCUT2D eigenvalue weighted by molar-refractivity contribution is -0.274. The lowest BCUT2D eigenvalue weighted by Crippen LogP contribution is -2.29. The van der Waals surface area contributed by atoms with Gasteiger partial charge in [0.15, 0.2) is 0 Å². The SMILES string of the molecule is CC1CC(C)(C)CC1(O)c1cccc(OC(F)(F)F)c1.